The van der Waals surface area contributed by atoms with Gasteiger partial charge in [-0.1, -0.05) is 30.3 Å². The molecule has 2 aliphatic rings. The zero-order valence-corrected chi connectivity index (χ0v) is 15.3. The molecule has 1 aromatic heterocycles. The minimum absolute atomic E-state index is 0.0616. The molecule has 6 nitrogen and oxygen atoms in total. The van der Waals surface area contributed by atoms with Crippen LogP contribution in [-0.4, -0.2) is 52.8 Å². The number of amides is 1. The number of hydrogen-bond acceptors (Lipinski definition) is 4. The van der Waals surface area contributed by atoms with Crippen molar-refractivity contribution in [1.82, 2.24) is 14.7 Å². The fourth-order valence-corrected chi connectivity index (χ4v) is 4.45. The molecule has 1 unspecified atom stereocenters. The second-order valence-corrected chi connectivity index (χ2v) is 7.46. The van der Waals surface area contributed by atoms with Gasteiger partial charge in [-0.2, -0.15) is 5.10 Å². The average molecular weight is 353 g/mol. The summed E-state index contributed by atoms with van der Waals surface area (Å²) < 4.78 is 1.75. The van der Waals surface area contributed by atoms with E-state index in [1.807, 2.05) is 30.3 Å². The van der Waals surface area contributed by atoms with Crippen LogP contribution in [0.2, 0.25) is 0 Å². The Balaban J connectivity index is 1.52. The highest BCUT2D eigenvalue weighted by Gasteiger charge is 2.41. The first-order valence-electron chi connectivity index (χ1n) is 9.47. The average Bonchev–Trinajstić information content (AvgIpc) is 3.29. The molecule has 3 heterocycles. The van der Waals surface area contributed by atoms with Crippen LogP contribution >= 0.6 is 0 Å². The SMILES string of the molecule is Cn1ccc(N2CCCC(N3C[C@@H](CN)[C@H](c4ccccc4)C3)C2=O)n1. The second kappa shape index (κ2) is 7.21. The molecule has 1 aromatic carbocycles. The highest BCUT2D eigenvalue weighted by molar-refractivity contribution is 5.97. The number of aryl methyl sites for hydroxylation is 1. The normalized spacial score (nSPS) is 27.2. The number of aromatic nitrogens is 2. The zero-order chi connectivity index (χ0) is 18.1. The second-order valence-electron chi connectivity index (χ2n) is 7.46. The van der Waals surface area contributed by atoms with Gasteiger partial charge < -0.3 is 5.73 Å². The van der Waals surface area contributed by atoms with Crippen molar-refractivity contribution in [2.45, 2.75) is 24.8 Å². The lowest BCUT2D eigenvalue weighted by molar-refractivity contribution is -0.125. The molecule has 0 spiro atoms. The van der Waals surface area contributed by atoms with E-state index in [1.165, 1.54) is 5.56 Å². The van der Waals surface area contributed by atoms with Gasteiger partial charge >= 0.3 is 0 Å². The highest BCUT2D eigenvalue weighted by Crippen LogP contribution is 2.35. The van der Waals surface area contributed by atoms with E-state index in [2.05, 4.69) is 34.3 Å². The van der Waals surface area contributed by atoms with Gasteiger partial charge in [0.25, 0.3) is 0 Å². The van der Waals surface area contributed by atoms with Gasteiger partial charge in [-0.25, -0.2) is 0 Å². The van der Waals surface area contributed by atoms with E-state index in [4.69, 9.17) is 5.73 Å². The summed E-state index contributed by atoms with van der Waals surface area (Å²) in [6.45, 7) is 3.20. The summed E-state index contributed by atoms with van der Waals surface area (Å²) in [7, 11) is 1.88. The van der Waals surface area contributed by atoms with Crippen molar-refractivity contribution in [2.24, 2.45) is 18.7 Å². The third kappa shape index (κ3) is 3.15. The van der Waals surface area contributed by atoms with E-state index in [-0.39, 0.29) is 11.9 Å². The first kappa shape index (κ1) is 17.2. The number of nitrogens with zero attached hydrogens (tertiary/aromatic N) is 4. The number of nitrogens with two attached hydrogens (primary N) is 1. The molecular weight excluding hydrogens is 326 g/mol. The Labute approximate surface area is 154 Å². The number of carbonyl (C=O) groups excluding carboxylic acids is 1. The molecule has 4 rings (SSSR count). The van der Waals surface area contributed by atoms with Crippen LogP contribution in [0.5, 0.6) is 0 Å². The van der Waals surface area contributed by atoms with Crippen molar-refractivity contribution in [2.75, 3.05) is 31.1 Å². The molecule has 26 heavy (non-hydrogen) atoms. The van der Waals surface area contributed by atoms with Crippen LogP contribution in [0.15, 0.2) is 42.6 Å². The van der Waals surface area contributed by atoms with Crippen LogP contribution in [0.4, 0.5) is 5.82 Å². The van der Waals surface area contributed by atoms with Crippen molar-refractivity contribution in [3.8, 4) is 0 Å². The van der Waals surface area contributed by atoms with Gasteiger partial charge in [-0.05, 0) is 30.9 Å². The standard InChI is InChI=1S/C20H27N5O/c1-23-11-9-19(22-23)25-10-5-8-18(20(25)26)24-13-16(12-21)17(14-24)15-6-3-2-4-7-15/h2-4,6-7,9,11,16-18H,5,8,10,12-14,21H2,1H3/t16-,17+,18?/m1/s1. The Hall–Kier alpha value is -2.18. The van der Waals surface area contributed by atoms with E-state index in [0.717, 1.165) is 38.3 Å². The number of anilines is 1. The molecule has 0 saturated carbocycles. The first-order valence-corrected chi connectivity index (χ1v) is 9.47. The van der Waals surface area contributed by atoms with E-state index in [0.29, 0.717) is 18.4 Å². The number of likely N-dealkylation sites (tertiary alicyclic amines) is 1. The predicted molar refractivity (Wildman–Crippen MR) is 102 cm³/mol. The Bertz CT molecular complexity index is 759. The van der Waals surface area contributed by atoms with E-state index >= 15 is 0 Å². The summed E-state index contributed by atoms with van der Waals surface area (Å²) in [5.74, 6) is 1.74. The predicted octanol–water partition coefficient (Wildman–Crippen LogP) is 1.59. The third-order valence-electron chi connectivity index (χ3n) is 5.83. The number of benzene rings is 1. The van der Waals surface area contributed by atoms with Gasteiger partial charge in [0.1, 0.15) is 0 Å². The molecule has 2 aromatic rings. The highest BCUT2D eigenvalue weighted by atomic mass is 16.2. The van der Waals surface area contributed by atoms with Gasteiger partial charge in [-0.15, -0.1) is 0 Å². The van der Waals surface area contributed by atoms with Crippen LogP contribution in [-0.2, 0) is 11.8 Å². The summed E-state index contributed by atoms with van der Waals surface area (Å²) >= 11 is 0. The van der Waals surface area contributed by atoms with Crippen LogP contribution in [0.1, 0.15) is 24.3 Å². The van der Waals surface area contributed by atoms with Crippen molar-refractivity contribution < 1.29 is 4.79 Å². The quantitative estimate of drug-likeness (QED) is 0.906. The fourth-order valence-electron chi connectivity index (χ4n) is 4.45. The Morgan fingerprint density at radius 2 is 2.00 bits per heavy atom. The summed E-state index contributed by atoms with van der Waals surface area (Å²) in [6.07, 6.45) is 3.81. The van der Waals surface area contributed by atoms with Crippen LogP contribution in [0.25, 0.3) is 0 Å². The lowest BCUT2D eigenvalue weighted by Gasteiger charge is -2.36. The minimum Gasteiger partial charge on any atom is -0.330 e. The maximum absolute atomic E-state index is 13.2. The summed E-state index contributed by atoms with van der Waals surface area (Å²) in [4.78, 5) is 17.4. The summed E-state index contributed by atoms with van der Waals surface area (Å²) in [5, 5.41) is 4.42. The third-order valence-corrected chi connectivity index (χ3v) is 5.83. The monoisotopic (exact) mass is 353 g/mol. The van der Waals surface area contributed by atoms with Crippen molar-refractivity contribution in [1.29, 1.82) is 0 Å². The molecule has 2 N–H and O–H groups in total. The Morgan fingerprint density at radius 3 is 2.69 bits per heavy atom. The summed E-state index contributed by atoms with van der Waals surface area (Å²) in [6, 6.07) is 12.4. The van der Waals surface area contributed by atoms with Gasteiger partial charge in [-0.3, -0.25) is 19.3 Å². The van der Waals surface area contributed by atoms with E-state index in [9.17, 15) is 4.79 Å². The molecule has 0 radical (unpaired) electrons. The molecule has 2 saturated heterocycles. The molecule has 1 amide bonds. The smallest absolute Gasteiger partial charge is 0.245 e. The molecular formula is C20H27N5O. The Kier molecular flexibility index (Phi) is 4.78. The molecule has 138 valence electrons. The van der Waals surface area contributed by atoms with Crippen LogP contribution in [0, 0.1) is 5.92 Å². The summed E-state index contributed by atoms with van der Waals surface area (Å²) in [5.41, 5.74) is 7.40. The number of piperidine rings is 1. The fraction of sp³-hybridized carbons (Fsp3) is 0.500. The Morgan fingerprint density at radius 1 is 1.19 bits per heavy atom. The molecule has 2 aliphatic heterocycles. The molecule has 0 bridgehead atoms. The largest absolute Gasteiger partial charge is 0.330 e. The molecule has 3 atom stereocenters. The minimum atomic E-state index is -0.0616. The molecule has 2 fully saturated rings. The van der Waals surface area contributed by atoms with Gasteiger partial charge in [0, 0.05) is 44.9 Å². The van der Waals surface area contributed by atoms with Crippen LogP contribution in [0.3, 0.4) is 0 Å². The van der Waals surface area contributed by atoms with Gasteiger partial charge in [0.15, 0.2) is 5.82 Å². The lowest BCUT2D eigenvalue weighted by atomic mass is 9.89. The van der Waals surface area contributed by atoms with Crippen LogP contribution < -0.4 is 10.6 Å². The lowest BCUT2D eigenvalue weighted by Crippen LogP contribution is -2.52. The maximum Gasteiger partial charge on any atom is 0.245 e. The van der Waals surface area contributed by atoms with Crippen molar-refractivity contribution in [3.05, 3.63) is 48.2 Å². The number of rotatable bonds is 4. The molecule has 6 heteroatoms. The number of carbonyl (C=O) groups is 1. The topological polar surface area (TPSA) is 67.4 Å². The zero-order valence-electron chi connectivity index (χ0n) is 15.3. The molecule has 0 aliphatic carbocycles. The van der Waals surface area contributed by atoms with Crippen molar-refractivity contribution >= 4 is 11.7 Å². The maximum atomic E-state index is 13.2. The van der Waals surface area contributed by atoms with E-state index < -0.39 is 0 Å². The van der Waals surface area contributed by atoms with Gasteiger partial charge in [0.2, 0.25) is 5.91 Å². The first-order chi connectivity index (χ1) is 12.7. The van der Waals surface area contributed by atoms with Crippen molar-refractivity contribution in [3.63, 3.8) is 0 Å². The number of hydrogen-bond donors (Lipinski definition) is 1. The van der Waals surface area contributed by atoms with Gasteiger partial charge in [0.05, 0.1) is 6.04 Å². The van der Waals surface area contributed by atoms with E-state index in [1.54, 1.807) is 4.68 Å².